The van der Waals surface area contributed by atoms with Gasteiger partial charge in [0.05, 0.1) is 12.9 Å². The lowest BCUT2D eigenvalue weighted by Gasteiger charge is -2.31. The first kappa shape index (κ1) is 16.8. The Morgan fingerprint density at radius 3 is 3.00 bits per heavy atom. The largest absolute Gasteiger partial charge is 0.394 e. The Morgan fingerprint density at radius 2 is 2.33 bits per heavy atom. The minimum absolute atomic E-state index is 0.0174. The van der Waals surface area contributed by atoms with E-state index in [0.717, 1.165) is 0 Å². The van der Waals surface area contributed by atoms with Crippen molar-refractivity contribution < 1.29 is 24.8 Å². The van der Waals surface area contributed by atoms with Crippen LogP contribution >= 0.6 is 0 Å². The van der Waals surface area contributed by atoms with Crippen molar-refractivity contribution in [3.63, 3.8) is 0 Å². The summed E-state index contributed by atoms with van der Waals surface area (Å²) in [5.41, 5.74) is 3.38. The Bertz CT molecular complexity index is 791. The molecule has 2 aromatic heterocycles. The second-order valence-electron chi connectivity index (χ2n) is 5.66. The van der Waals surface area contributed by atoms with Gasteiger partial charge in [-0.15, -0.1) is 0 Å². The fourth-order valence-corrected chi connectivity index (χ4v) is 2.93. The summed E-state index contributed by atoms with van der Waals surface area (Å²) in [5.74, 6) is -0.119. The van der Waals surface area contributed by atoms with Crippen LogP contribution in [0, 0.1) is 0 Å². The second-order valence-corrected chi connectivity index (χ2v) is 5.66. The Labute approximate surface area is 135 Å². The van der Waals surface area contributed by atoms with Gasteiger partial charge in [-0.25, -0.2) is 4.98 Å². The first-order valence-electron chi connectivity index (χ1n) is 7.30. The number of rotatable bonds is 5. The third kappa shape index (κ3) is 2.46. The normalized spacial score (nSPS) is 30.2. The molecule has 1 saturated heterocycles. The summed E-state index contributed by atoms with van der Waals surface area (Å²) in [7, 11) is 1.46. The SMILES string of the molecule is COCC[C@@]1(O)[C@H](O)[C@@H](CO)O[C@H]1n1cnc2c(=O)[nH]c(N)nc21. The summed E-state index contributed by atoms with van der Waals surface area (Å²) < 4.78 is 11.9. The summed E-state index contributed by atoms with van der Waals surface area (Å²) in [6.07, 6.45) is -2.20. The smallest absolute Gasteiger partial charge is 0.280 e. The number of ether oxygens (including phenoxy) is 2. The van der Waals surface area contributed by atoms with Crippen molar-refractivity contribution in [2.24, 2.45) is 0 Å². The van der Waals surface area contributed by atoms with Crippen LogP contribution in [0.15, 0.2) is 11.1 Å². The summed E-state index contributed by atoms with van der Waals surface area (Å²) in [4.78, 5) is 22.2. The number of aliphatic hydroxyl groups excluding tert-OH is 2. The Balaban J connectivity index is 2.11. The minimum Gasteiger partial charge on any atom is -0.394 e. The Morgan fingerprint density at radius 1 is 1.58 bits per heavy atom. The number of aromatic nitrogens is 4. The molecule has 1 aliphatic rings. The van der Waals surface area contributed by atoms with Gasteiger partial charge in [0, 0.05) is 20.1 Å². The van der Waals surface area contributed by atoms with E-state index < -0.39 is 36.2 Å². The van der Waals surface area contributed by atoms with Crippen LogP contribution in [-0.4, -0.2) is 73.0 Å². The first-order valence-corrected chi connectivity index (χ1v) is 7.30. The van der Waals surface area contributed by atoms with Crippen LogP contribution in [0.25, 0.3) is 11.2 Å². The highest BCUT2D eigenvalue weighted by Gasteiger charge is 2.56. The number of nitrogens with zero attached hydrogens (tertiary/aromatic N) is 3. The molecule has 1 fully saturated rings. The summed E-state index contributed by atoms with van der Waals surface area (Å²) in [6.45, 7) is -0.343. The number of nitrogens with one attached hydrogen (secondary N) is 1. The maximum Gasteiger partial charge on any atom is 0.280 e. The zero-order valence-corrected chi connectivity index (χ0v) is 12.9. The van der Waals surface area contributed by atoms with E-state index in [1.54, 1.807) is 0 Å². The van der Waals surface area contributed by atoms with Gasteiger partial charge in [-0.05, 0) is 0 Å². The molecule has 0 spiro atoms. The van der Waals surface area contributed by atoms with E-state index in [-0.39, 0.29) is 30.1 Å². The van der Waals surface area contributed by atoms with E-state index in [1.165, 1.54) is 18.0 Å². The van der Waals surface area contributed by atoms with Gasteiger partial charge in [-0.3, -0.25) is 14.3 Å². The lowest BCUT2D eigenvalue weighted by molar-refractivity contribution is -0.119. The van der Waals surface area contributed by atoms with E-state index >= 15 is 0 Å². The topological polar surface area (TPSA) is 169 Å². The maximum absolute atomic E-state index is 11.9. The monoisotopic (exact) mass is 341 g/mol. The third-order valence-corrected chi connectivity index (χ3v) is 4.19. The number of anilines is 1. The van der Waals surface area contributed by atoms with Gasteiger partial charge in [0.1, 0.15) is 17.8 Å². The number of imidazole rings is 1. The molecule has 24 heavy (non-hydrogen) atoms. The summed E-state index contributed by atoms with van der Waals surface area (Å²) >= 11 is 0. The molecule has 6 N–H and O–H groups in total. The van der Waals surface area contributed by atoms with Crippen molar-refractivity contribution in [2.45, 2.75) is 30.5 Å². The molecular weight excluding hydrogens is 322 g/mol. The average Bonchev–Trinajstić information content (AvgIpc) is 3.06. The van der Waals surface area contributed by atoms with Crippen LogP contribution < -0.4 is 11.3 Å². The molecule has 11 nitrogen and oxygen atoms in total. The van der Waals surface area contributed by atoms with Gasteiger partial charge in [0.25, 0.3) is 5.56 Å². The van der Waals surface area contributed by atoms with Gasteiger partial charge in [-0.2, -0.15) is 4.98 Å². The molecule has 132 valence electrons. The number of aromatic amines is 1. The van der Waals surface area contributed by atoms with Gasteiger partial charge >= 0.3 is 0 Å². The summed E-state index contributed by atoms with van der Waals surface area (Å²) in [5, 5.41) is 30.7. The Kier molecular flexibility index (Phi) is 4.27. The minimum atomic E-state index is -1.77. The second kappa shape index (κ2) is 6.11. The number of H-pyrrole nitrogens is 1. The van der Waals surface area contributed by atoms with Crippen LogP contribution in [0.2, 0.25) is 0 Å². The van der Waals surface area contributed by atoms with Gasteiger partial charge in [0.2, 0.25) is 5.95 Å². The van der Waals surface area contributed by atoms with E-state index in [1.807, 2.05) is 0 Å². The van der Waals surface area contributed by atoms with E-state index in [2.05, 4.69) is 15.0 Å². The van der Waals surface area contributed by atoms with Crippen LogP contribution in [-0.2, 0) is 9.47 Å². The zero-order chi connectivity index (χ0) is 17.5. The molecule has 0 aliphatic carbocycles. The molecule has 1 aliphatic heterocycles. The molecule has 0 aromatic carbocycles. The first-order chi connectivity index (χ1) is 11.4. The predicted molar refractivity (Wildman–Crippen MR) is 81.0 cm³/mol. The predicted octanol–water partition coefficient (Wildman–Crippen LogP) is -2.28. The van der Waals surface area contributed by atoms with E-state index in [4.69, 9.17) is 15.2 Å². The van der Waals surface area contributed by atoms with Crippen molar-refractivity contribution >= 4 is 17.1 Å². The standard InChI is InChI=1S/C13H19N5O6/c1-23-3-2-13(22)8(20)6(4-19)24-11(13)18-5-15-7-9(18)16-12(14)17-10(7)21/h5-6,8,11,19-20,22H,2-4H2,1H3,(H3,14,16,17,21)/t6-,8-,11-,13-/m1/s1. The molecule has 0 unspecified atom stereocenters. The van der Waals surface area contributed by atoms with E-state index in [0.29, 0.717) is 0 Å². The van der Waals surface area contributed by atoms with Crippen molar-refractivity contribution in [1.29, 1.82) is 0 Å². The number of fused-ring (bicyclic) bond motifs is 1. The van der Waals surface area contributed by atoms with Crippen molar-refractivity contribution in [3.8, 4) is 0 Å². The highest BCUT2D eigenvalue weighted by molar-refractivity contribution is 5.70. The quantitative estimate of drug-likeness (QED) is 0.402. The molecule has 3 rings (SSSR count). The van der Waals surface area contributed by atoms with Crippen LogP contribution in [0.1, 0.15) is 12.6 Å². The lowest BCUT2D eigenvalue weighted by Crippen LogP contribution is -2.47. The van der Waals surface area contributed by atoms with Crippen LogP contribution in [0.3, 0.4) is 0 Å². The third-order valence-electron chi connectivity index (χ3n) is 4.19. The highest BCUT2D eigenvalue weighted by Crippen LogP contribution is 2.41. The molecule has 0 radical (unpaired) electrons. The molecule has 4 atom stereocenters. The lowest BCUT2D eigenvalue weighted by atomic mass is 9.90. The number of aliphatic hydroxyl groups is 3. The van der Waals surface area contributed by atoms with Crippen LogP contribution in [0.5, 0.6) is 0 Å². The molecule has 0 saturated carbocycles. The average molecular weight is 341 g/mol. The number of nitrogens with two attached hydrogens (primary N) is 1. The zero-order valence-electron chi connectivity index (χ0n) is 12.9. The molecular formula is C13H19N5O6. The van der Waals surface area contributed by atoms with Crippen molar-refractivity contribution in [3.05, 3.63) is 16.7 Å². The fraction of sp³-hybridized carbons (Fsp3) is 0.615. The van der Waals surface area contributed by atoms with Gasteiger partial charge < -0.3 is 30.5 Å². The van der Waals surface area contributed by atoms with Crippen LogP contribution in [0.4, 0.5) is 5.95 Å². The Hall–Kier alpha value is -2.05. The maximum atomic E-state index is 11.9. The number of hydrogen-bond acceptors (Lipinski definition) is 9. The fourth-order valence-electron chi connectivity index (χ4n) is 2.93. The number of methoxy groups -OCH3 is 1. The molecule has 0 amide bonds. The van der Waals surface area contributed by atoms with Gasteiger partial charge in [-0.1, -0.05) is 0 Å². The van der Waals surface area contributed by atoms with Crippen molar-refractivity contribution in [2.75, 3.05) is 26.1 Å². The van der Waals surface area contributed by atoms with Gasteiger partial charge in [0.15, 0.2) is 17.4 Å². The molecule has 2 aromatic rings. The molecule has 3 heterocycles. The molecule has 11 heteroatoms. The molecule has 0 bridgehead atoms. The van der Waals surface area contributed by atoms with Crippen molar-refractivity contribution in [1.82, 2.24) is 19.5 Å². The summed E-state index contributed by atoms with van der Waals surface area (Å²) in [6, 6.07) is 0. The number of hydrogen-bond donors (Lipinski definition) is 5. The highest BCUT2D eigenvalue weighted by atomic mass is 16.6. The number of nitrogen functional groups attached to an aromatic ring is 1. The van der Waals surface area contributed by atoms with E-state index in [9.17, 15) is 20.1 Å².